The van der Waals surface area contributed by atoms with E-state index >= 15 is 0 Å². The molecule has 2 aromatic rings. The van der Waals surface area contributed by atoms with E-state index in [2.05, 4.69) is 0 Å². The molecule has 0 aliphatic carbocycles. The molecule has 0 heterocycles. The number of hydrogen-bond donors (Lipinski definition) is 0. The second-order valence-electron chi connectivity index (χ2n) is 3.84. The molecule has 0 bridgehead atoms. The summed E-state index contributed by atoms with van der Waals surface area (Å²) in [5.41, 5.74) is 1.48. The summed E-state index contributed by atoms with van der Waals surface area (Å²) in [6.07, 6.45) is 0. The van der Waals surface area contributed by atoms with Gasteiger partial charge in [-0.3, -0.25) is 0 Å². The second kappa shape index (κ2) is 5.08. The van der Waals surface area contributed by atoms with E-state index in [1.54, 1.807) is 25.1 Å². The van der Waals surface area contributed by atoms with Gasteiger partial charge in [0.1, 0.15) is 10.1 Å². The van der Waals surface area contributed by atoms with Crippen LogP contribution >= 0.6 is 0 Å². The van der Waals surface area contributed by atoms with E-state index in [4.69, 9.17) is 0 Å². The van der Waals surface area contributed by atoms with E-state index < -0.39 is 10.1 Å². The number of benzene rings is 2. The Labute approximate surface area is 123 Å². The summed E-state index contributed by atoms with van der Waals surface area (Å²) in [5, 5.41) is 1.32. The first-order valence-electron chi connectivity index (χ1n) is 4.86. The quantitative estimate of drug-likeness (QED) is 0.505. The van der Waals surface area contributed by atoms with Gasteiger partial charge in [-0.05, 0) is 35.7 Å². The minimum Gasteiger partial charge on any atom is -0.744 e. The molecule has 17 heavy (non-hydrogen) atoms. The molecule has 3 nitrogen and oxygen atoms in total. The predicted molar refractivity (Wildman–Crippen MR) is 61.4 cm³/mol. The molecular weight excluding hydrogens is 247 g/mol. The van der Waals surface area contributed by atoms with Gasteiger partial charge < -0.3 is 4.55 Å². The van der Waals surface area contributed by atoms with Crippen molar-refractivity contribution >= 4 is 20.9 Å². The zero-order valence-electron chi connectivity index (χ0n) is 10.0. The van der Waals surface area contributed by atoms with Gasteiger partial charge in [0.15, 0.2) is 0 Å². The average molecular weight is 258 g/mol. The van der Waals surface area contributed by atoms with Crippen molar-refractivity contribution in [1.29, 1.82) is 0 Å². The maximum atomic E-state index is 11.2. The van der Waals surface area contributed by atoms with Crippen molar-refractivity contribution in [2.45, 2.75) is 18.7 Å². The standard InChI is InChI=1S/C12H12O3S.Na/c1-8-7-9(2)12(16(13,14)15)11-6-4-3-5-10(8)11;/h3-7H,1-2H3,(H,13,14,15);/q;+1/p-1. The molecule has 0 spiro atoms. The molecule has 0 radical (unpaired) electrons. The molecule has 0 fully saturated rings. The largest absolute Gasteiger partial charge is 1.00 e. The molecule has 2 rings (SSSR count). The molecule has 0 N–H and O–H groups in total. The van der Waals surface area contributed by atoms with Crippen LogP contribution in [0.1, 0.15) is 11.1 Å². The predicted octanol–water partition coefficient (Wildman–Crippen LogP) is -0.635. The van der Waals surface area contributed by atoms with Gasteiger partial charge in [-0.15, -0.1) is 0 Å². The number of hydrogen-bond acceptors (Lipinski definition) is 3. The van der Waals surface area contributed by atoms with Gasteiger partial charge >= 0.3 is 29.6 Å². The first-order chi connectivity index (χ1) is 7.41. The van der Waals surface area contributed by atoms with E-state index in [1.165, 1.54) is 0 Å². The minimum atomic E-state index is -4.43. The van der Waals surface area contributed by atoms with E-state index in [-0.39, 0.29) is 34.5 Å². The van der Waals surface area contributed by atoms with E-state index in [9.17, 15) is 13.0 Å². The van der Waals surface area contributed by atoms with E-state index in [0.29, 0.717) is 10.9 Å². The van der Waals surface area contributed by atoms with Crippen molar-refractivity contribution in [2.75, 3.05) is 0 Å². The summed E-state index contributed by atoms with van der Waals surface area (Å²) in [6.45, 7) is 3.54. The monoisotopic (exact) mass is 258 g/mol. The molecule has 0 unspecified atom stereocenters. The van der Waals surface area contributed by atoms with Crippen LogP contribution in [-0.2, 0) is 10.1 Å². The van der Waals surface area contributed by atoms with Crippen molar-refractivity contribution in [1.82, 2.24) is 0 Å². The Morgan fingerprint density at radius 2 is 1.53 bits per heavy atom. The molecule has 0 saturated heterocycles. The molecule has 84 valence electrons. The van der Waals surface area contributed by atoms with Gasteiger partial charge in [-0.2, -0.15) is 0 Å². The maximum Gasteiger partial charge on any atom is 1.00 e. The molecule has 0 saturated carbocycles. The Balaban J connectivity index is 0.00000144. The van der Waals surface area contributed by atoms with E-state index in [0.717, 1.165) is 10.9 Å². The summed E-state index contributed by atoms with van der Waals surface area (Å²) < 4.78 is 33.7. The van der Waals surface area contributed by atoms with Crippen molar-refractivity contribution in [3.8, 4) is 0 Å². The fraction of sp³-hybridized carbons (Fsp3) is 0.167. The van der Waals surface area contributed by atoms with Crippen LogP contribution in [0.3, 0.4) is 0 Å². The Kier molecular flexibility index (Phi) is 4.38. The first-order valence-corrected chi connectivity index (χ1v) is 6.27. The smallest absolute Gasteiger partial charge is 0.744 e. The second-order valence-corrected chi connectivity index (χ2v) is 5.16. The summed E-state index contributed by atoms with van der Waals surface area (Å²) in [4.78, 5) is -0.103. The van der Waals surface area contributed by atoms with Gasteiger partial charge in [0.05, 0.1) is 4.90 Å². The number of fused-ring (bicyclic) bond motifs is 1. The summed E-state index contributed by atoms with van der Waals surface area (Å²) in [6, 6.07) is 8.77. The Bertz CT molecular complexity index is 663. The first kappa shape index (κ1) is 14.7. The SMILES string of the molecule is Cc1cc(C)c2ccccc2c1S(=O)(=O)[O-].[Na+]. The van der Waals surface area contributed by atoms with Crippen molar-refractivity contribution < 1.29 is 42.5 Å². The fourth-order valence-corrected chi connectivity index (χ4v) is 2.94. The van der Waals surface area contributed by atoms with Crippen LogP contribution in [0.2, 0.25) is 0 Å². The normalized spacial score (nSPS) is 11.2. The van der Waals surface area contributed by atoms with Crippen LogP contribution in [0.4, 0.5) is 0 Å². The van der Waals surface area contributed by atoms with Gasteiger partial charge in [0.2, 0.25) is 0 Å². The third-order valence-electron chi connectivity index (χ3n) is 2.64. The van der Waals surface area contributed by atoms with E-state index in [1.807, 2.05) is 19.1 Å². The van der Waals surface area contributed by atoms with Crippen LogP contribution in [0.5, 0.6) is 0 Å². The molecule has 0 amide bonds. The summed E-state index contributed by atoms with van der Waals surface area (Å²) in [5.74, 6) is 0. The molecule has 0 aliphatic heterocycles. The third kappa shape index (κ3) is 2.72. The van der Waals surface area contributed by atoms with Gasteiger partial charge in [0.25, 0.3) is 0 Å². The van der Waals surface area contributed by atoms with Crippen molar-refractivity contribution in [2.24, 2.45) is 0 Å². The molecule has 0 aliphatic rings. The molecule has 5 heteroatoms. The zero-order valence-corrected chi connectivity index (χ0v) is 12.8. The maximum absolute atomic E-state index is 11.2. The summed E-state index contributed by atoms with van der Waals surface area (Å²) >= 11 is 0. The molecule has 0 aromatic heterocycles. The van der Waals surface area contributed by atoms with Gasteiger partial charge in [-0.1, -0.05) is 30.3 Å². The molecule has 0 atom stereocenters. The van der Waals surface area contributed by atoms with Crippen LogP contribution in [0, 0.1) is 13.8 Å². The zero-order chi connectivity index (χ0) is 11.9. The Morgan fingerprint density at radius 3 is 2.06 bits per heavy atom. The van der Waals surface area contributed by atoms with Crippen LogP contribution in [0.25, 0.3) is 10.8 Å². The van der Waals surface area contributed by atoms with Crippen molar-refractivity contribution in [3.05, 3.63) is 41.5 Å². The van der Waals surface area contributed by atoms with Gasteiger partial charge in [-0.25, -0.2) is 8.42 Å². The van der Waals surface area contributed by atoms with Crippen LogP contribution in [-0.4, -0.2) is 13.0 Å². The van der Waals surface area contributed by atoms with Crippen molar-refractivity contribution in [3.63, 3.8) is 0 Å². The Hall–Kier alpha value is -0.390. The van der Waals surface area contributed by atoms with Crippen LogP contribution < -0.4 is 29.6 Å². The topological polar surface area (TPSA) is 57.2 Å². The molecule has 2 aromatic carbocycles. The molecular formula is C12H11NaO3S. The summed E-state index contributed by atoms with van der Waals surface area (Å²) in [7, 11) is -4.43. The number of rotatable bonds is 1. The van der Waals surface area contributed by atoms with Gasteiger partial charge in [0, 0.05) is 0 Å². The fourth-order valence-electron chi connectivity index (χ4n) is 2.04. The number of aryl methyl sites for hydroxylation is 2. The third-order valence-corrected chi connectivity index (χ3v) is 3.68. The Morgan fingerprint density at radius 1 is 1.00 bits per heavy atom. The average Bonchev–Trinajstić information content (AvgIpc) is 2.15. The van der Waals surface area contributed by atoms with Crippen LogP contribution in [0.15, 0.2) is 35.2 Å². The minimum absolute atomic E-state index is 0.